The Balaban J connectivity index is 1.87. The van der Waals surface area contributed by atoms with Gasteiger partial charge in [-0.25, -0.2) is 0 Å². The zero-order valence-corrected chi connectivity index (χ0v) is 18.0. The van der Waals surface area contributed by atoms with Gasteiger partial charge in [-0.05, 0) is 73.6 Å². The Bertz CT molecular complexity index is 683. The maximum atomic E-state index is 6.16. The number of unbranched alkanes of at least 4 members (excludes halogenated alkanes) is 4. The number of hydrogen-bond acceptors (Lipinski definition) is 2. The molecular formula is C24H35ClO2. The normalized spacial score (nSPS) is 12.3. The Morgan fingerprint density at radius 1 is 0.889 bits per heavy atom. The second-order valence-corrected chi connectivity index (χ2v) is 7.95. The number of alkyl halides is 1. The van der Waals surface area contributed by atoms with Crippen molar-refractivity contribution in [3.8, 4) is 11.5 Å². The summed E-state index contributed by atoms with van der Waals surface area (Å²) in [6.07, 6.45) is 9.18. The first kappa shape index (κ1) is 21.9. The van der Waals surface area contributed by atoms with Crippen molar-refractivity contribution >= 4 is 22.4 Å². The Morgan fingerprint density at radius 3 is 2.44 bits per heavy atom. The third kappa shape index (κ3) is 7.25. The van der Waals surface area contributed by atoms with E-state index >= 15 is 0 Å². The lowest BCUT2D eigenvalue weighted by Crippen LogP contribution is -2.01. The van der Waals surface area contributed by atoms with Crippen LogP contribution in [-0.4, -0.2) is 18.6 Å². The summed E-state index contributed by atoms with van der Waals surface area (Å²) in [6.45, 7) is 8.05. The van der Waals surface area contributed by atoms with Crippen LogP contribution in [0.5, 0.6) is 11.5 Å². The van der Waals surface area contributed by atoms with Gasteiger partial charge in [0.2, 0.25) is 0 Å². The molecule has 0 aliphatic rings. The fraction of sp³-hybridized carbons (Fsp3) is 0.583. The summed E-state index contributed by atoms with van der Waals surface area (Å²) in [5, 5.41) is 2.74. The molecule has 2 aromatic carbocycles. The van der Waals surface area contributed by atoms with Crippen molar-refractivity contribution in [1.29, 1.82) is 0 Å². The second-order valence-electron chi connectivity index (χ2n) is 7.33. The Kier molecular flexibility index (Phi) is 9.83. The van der Waals surface area contributed by atoms with Crippen LogP contribution in [0.2, 0.25) is 0 Å². The molecule has 2 aromatic rings. The molecule has 2 nitrogen and oxygen atoms in total. The predicted octanol–water partition coefficient (Wildman–Crippen LogP) is 7.67. The first-order valence-corrected chi connectivity index (χ1v) is 11.0. The molecule has 0 aliphatic carbocycles. The van der Waals surface area contributed by atoms with Crippen LogP contribution in [0.15, 0.2) is 30.3 Å². The van der Waals surface area contributed by atoms with Gasteiger partial charge in [0.05, 0.1) is 13.2 Å². The van der Waals surface area contributed by atoms with Gasteiger partial charge in [-0.3, -0.25) is 0 Å². The molecule has 2 rings (SSSR count). The molecule has 0 saturated carbocycles. The number of benzene rings is 2. The van der Waals surface area contributed by atoms with Gasteiger partial charge in [0, 0.05) is 5.38 Å². The Labute approximate surface area is 170 Å². The van der Waals surface area contributed by atoms with E-state index in [0.29, 0.717) is 5.38 Å². The van der Waals surface area contributed by atoms with Gasteiger partial charge in [-0.2, -0.15) is 0 Å². The third-order valence-corrected chi connectivity index (χ3v) is 5.62. The summed E-state index contributed by atoms with van der Waals surface area (Å²) in [5.74, 6) is 1.94. The van der Waals surface area contributed by atoms with Crippen molar-refractivity contribution in [3.05, 3.63) is 35.9 Å². The van der Waals surface area contributed by atoms with Gasteiger partial charge in [-0.1, -0.05) is 45.2 Å². The second kappa shape index (κ2) is 12.1. The van der Waals surface area contributed by atoms with Crippen molar-refractivity contribution in [3.63, 3.8) is 0 Å². The molecule has 1 unspecified atom stereocenters. The van der Waals surface area contributed by atoms with E-state index in [1.807, 2.05) is 0 Å². The molecule has 0 radical (unpaired) electrons. The zero-order chi connectivity index (χ0) is 19.5. The maximum Gasteiger partial charge on any atom is 0.122 e. The topological polar surface area (TPSA) is 18.5 Å². The van der Waals surface area contributed by atoms with Gasteiger partial charge in [0.15, 0.2) is 0 Å². The average Bonchev–Trinajstić information content (AvgIpc) is 2.69. The first-order chi connectivity index (χ1) is 13.2. The summed E-state index contributed by atoms with van der Waals surface area (Å²) >= 11 is 6.16. The summed E-state index contributed by atoms with van der Waals surface area (Å²) in [5.41, 5.74) is 1.21. The predicted molar refractivity (Wildman–Crippen MR) is 118 cm³/mol. The van der Waals surface area contributed by atoms with Crippen LogP contribution in [0, 0.1) is 6.92 Å². The number of ether oxygens (including phenoxy) is 2. The molecule has 1 atom stereocenters. The molecular weight excluding hydrogens is 356 g/mol. The summed E-state index contributed by atoms with van der Waals surface area (Å²) < 4.78 is 11.9. The van der Waals surface area contributed by atoms with E-state index in [-0.39, 0.29) is 0 Å². The average molecular weight is 391 g/mol. The molecule has 0 fully saturated rings. The van der Waals surface area contributed by atoms with E-state index in [4.69, 9.17) is 21.1 Å². The van der Waals surface area contributed by atoms with Gasteiger partial charge in [0.1, 0.15) is 11.5 Å². The highest BCUT2D eigenvalue weighted by Crippen LogP contribution is 2.30. The molecule has 0 spiro atoms. The highest BCUT2D eigenvalue weighted by molar-refractivity contribution is 6.20. The van der Waals surface area contributed by atoms with Crippen molar-refractivity contribution in [1.82, 2.24) is 0 Å². The SMILES string of the molecule is CCCCCCOc1ccc2cc(OCCCCC(Cl)CC)ccc2c1C. The molecule has 3 heteroatoms. The monoisotopic (exact) mass is 390 g/mol. The van der Waals surface area contributed by atoms with Gasteiger partial charge < -0.3 is 9.47 Å². The lowest BCUT2D eigenvalue weighted by atomic mass is 10.0. The summed E-state index contributed by atoms with van der Waals surface area (Å²) in [7, 11) is 0. The number of rotatable bonds is 13. The molecule has 0 saturated heterocycles. The number of hydrogen-bond donors (Lipinski definition) is 0. The van der Waals surface area contributed by atoms with Crippen LogP contribution >= 0.6 is 11.6 Å². The van der Waals surface area contributed by atoms with Crippen molar-refractivity contribution in [2.45, 2.75) is 77.5 Å². The van der Waals surface area contributed by atoms with Crippen molar-refractivity contribution in [2.24, 2.45) is 0 Å². The fourth-order valence-corrected chi connectivity index (χ4v) is 3.42. The van der Waals surface area contributed by atoms with Crippen LogP contribution in [0.3, 0.4) is 0 Å². The zero-order valence-electron chi connectivity index (χ0n) is 17.2. The summed E-state index contributed by atoms with van der Waals surface area (Å²) in [6, 6.07) is 10.6. The van der Waals surface area contributed by atoms with E-state index in [9.17, 15) is 0 Å². The third-order valence-electron chi connectivity index (χ3n) is 5.09. The Morgan fingerprint density at radius 2 is 1.67 bits per heavy atom. The molecule has 0 amide bonds. The van der Waals surface area contributed by atoms with Crippen molar-refractivity contribution in [2.75, 3.05) is 13.2 Å². The molecule has 0 aliphatic heterocycles. The van der Waals surface area contributed by atoms with Gasteiger partial charge >= 0.3 is 0 Å². The minimum atomic E-state index is 0.303. The molecule has 0 bridgehead atoms. The van der Waals surface area contributed by atoms with E-state index in [1.165, 1.54) is 35.6 Å². The van der Waals surface area contributed by atoms with Gasteiger partial charge in [-0.15, -0.1) is 11.6 Å². The molecule has 0 N–H and O–H groups in total. The van der Waals surface area contributed by atoms with Crippen LogP contribution in [0.1, 0.15) is 70.8 Å². The number of aryl methyl sites for hydroxylation is 1. The van der Waals surface area contributed by atoms with E-state index in [2.05, 4.69) is 51.1 Å². The first-order valence-electron chi connectivity index (χ1n) is 10.6. The van der Waals surface area contributed by atoms with Crippen LogP contribution in [0.4, 0.5) is 0 Å². The highest BCUT2D eigenvalue weighted by atomic mass is 35.5. The van der Waals surface area contributed by atoms with Crippen molar-refractivity contribution < 1.29 is 9.47 Å². The van der Waals surface area contributed by atoms with E-state index in [1.54, 1.807) is 0 Å². The molecule has 0 aromatic heterocycles. The summed E-state index contributed by atoms with van der Waals surface area (Å²) in [4.78, 5) is 0. The highest BCUT2D eigenvalue weighted by Gasteiger charge is 2.07. The van der Waals surface area contributed by atoms with Crippen LogP contribution < -0.4 is 9.47 Å². The minimum Gasteiger partial charge on any atom is -0.494 e. The molecule has 27 heavy (non-hydrogen) atoms. The molecule has 0 heterocycles. The smallest absolute Gasteiger partial charge is 0.122 e. The standard InChI is InChI=1S/C24H35ClO2/c1-4-6-7-9-17-27-24-15-12-20-18-22(13-14-23(20)19(24)3)26-16-10-8-11-21(25)5-2/h12-15,18,21H,4-11,16-17H2,1-3H3. The van der Waals surface area contributed by atoms with Crippen LogP contribution in [0.25, 0.3) is 10.8 Å². The van der Waals surface area contributed by atoms with Crippen LogP contribution in [-0.2, 0) is 0 Å². The lowest BCUT2D eigenvalue weighted by Gasteiger charge is -2.13. The largest absolute Gasteiger partial charge is 0.494 e. The fourth-order valence-electron chi connectivity index (χ4n) is 3.26. The van der Waals surface area contributed by atoms with Gasteiger partial charge in [0.25, 0.3) is 0 Å². The van der Waals surface area contributed by atoms with E-state index in [0.717, 1.165) is 56.8 Å². The van der Waals surface area contributed by atoms with E-state index < -0.39 is 0 Å². The number of fused-ring (bicyclic) bond motifs is 1. The minimum absolute atomic E-state index is 0.303. The maximum absolute atomic E-state index is 6.16. The quantitative estimate of drug-likeness (QED) is 0.258. The Hall–Kier alpha value is -1.41. The lowest BCUT2D eigenvalue weighted by molar-refractivity contribution is 0.303. The number of halogens is 1. The molecule has 150 valence electrons.